The van der Waals surface area contributed by atoms with Crippen LogP contribution in [0.1, 0.15) is 26.5 Å². The smallest absolute Gasteiger partial charge is 0.234 e. The Kier molecular flexibility index (Phi) is 5.06. The molecular formula is C12H18BrNO2. The zero-order valence-electron chi connectivity index (χ0n) is 9.87. The number of rotatable bonds is 5. The van der Waals surface area contributed by atoms with Crippen LogP contribution in [0.2, 0.25) is 0 Å². The van der Waals surface area contributed by atoms with Crippen LogP contribution in [0.4, 0.5) is 0 Å². The predicted octanol–water partition coefficient (Wildman–Crippen LogP) is 2.75. The first-order chi connectivity index (χ1) is 7.50. The molecule has 0 saturated carbocycles. The summed E-state index contributed by atoms with van der Waals surface area (Å²) in [6, 6.07) is 3.85. The molecule has 2 atom stereocenters. The molecule has 0 spiro atoms. The van der Waals surface area contributed by atoms with Crippen molar-refractivity contribution in [2.24, 2.45) is 5.92 Å². The molecule has 1 aromatic heterocycles. The number of halogens is 1. The van der Waals surface area contributed by atoms with Crippen LogP contribution in [0, 0.1) is 5.92 Å². The van der Waals surface area contributed by atoms with Gasteiger partial charge in [0.25, 0.3) is 0 Å². The zero-order valence-corrected chi connectivity index (χ0v) is 11.5. The van der Waals surface area contributed by atoms with Gasteiger partial charge in [-0.25, -0.2) is 0 Å². The second-order valence-electron chi connectivity index (χ2n) is 4.34. The number of carbonyl (C=O) groups is 1. The Balaban J connectivity index is 2.39. The van der Waals surface area contributed by atoms with Crippen LogP contribution in [-0.2, 0) is 11.2 Å². The highest BCUT2D eigenvalue weighted by Gasteiger charge is 2.20. The summed E-state index contributed by atoms with van der Waals surface area (Å²) in [5.74, 6) is 1.22. The largest absolute Gasteiger partial charge is 0.469 e. The fourth-order valence-electron chi connectivity index (χ4n) is 1.41. The predicted molar refractivity (Wildman–Crippen MR) is 67.6 cm³/mol. The Hall–Kier alpha value is -0.770. The molecule has 0 aliphatic heterocycles. The number of carbonyl (C=O) groups excluding carboxylic acids is 1. The van der Waals surface area contributed by atoms with E-state index in [4.69, 9.17) is 4.42 Å². The molecule has 90 valence electrons. The van der Waals surface area contributed by atoms with Crippen LogP contribution in [0.25, 0.3) is 0 Å². The van der Waals surface area contributed by atoms with Gasteiger partial charge in [0.1, 0.15) is 5.76 Å². The zero-order chi connectivity index (χ0) is 12.1. The monoisotopic (exact) mass is 287 g/mol. The molecule has 3 nitrogen and oxygen atoms in total. The van der Waals surface area contributed by atoms with Crippen LogP contribution in [-0.4, -0.2) is 16.8 Å². The molecule has 0 aromatic carbocycles. The van der Waals surface area contributed by atoms with Crippen LogP contribution in [0.15, 0.2) is 22.8 Å². The summed E-state index contributed by atoms with van der Waals surface area (Å²) >= 11 is 3.38. The van der Waals surface area contributed by atoms with Crippen molar-refractivity contribution in [2.45, 2.75) is 38.1 Å². The van der Waals surface area contributed by atoms with Crippen molar-refractivity contribution in [1.82, 2.24) is 5.32 Å². The van der Waals surface area contributed by atoms with E-state index >= 15 is 0 Å². The van der Waals surface area contributed by atoms with Gasteiger partial charge in [-0.15, -0.1) is 0 Å². The fourth-order valence-corrected chi connectivity index (χ4v) is 1.54. The molecule has 4 heteroatoms. The third-order valence-electron chi connectivity index (χ3n) is 2.31. The first kappa shape index (κ1) is 13.3. The van der Waals surface area contributed by atoms with Crippen molar-refractivity contribution in [3.05, 3.63) is 24.2 Å². The summed E-state index contributed by atoms with van der Waals surface area (Å²) in [5.41, 5.74) is 0. The number of furan rings is 1. The lowest BCUT2D eigenvalue weighted by Crippen LogP contribution is -2.40. The highest BCUT2D eigenvalue weighted by Crippen LogP contribution is 2.12. The molecule has 0 saturated heterocycles. The standard InChI is InChI=1S/C12H18BrNO2/c1-8(2)11(13)12(15)14-9(3)7-10-5-4-6-16-10/h4-6,8-9,11H,7H2,1-3H3,(H,14,15). The van der Waals surface area contributed by atoms with E-state index in [-0.39, 0.29) is 22.7 Å². The Labute approximate surface area is 105 Å². The van der Waals surface area contributed by atoms with Gasteiger partial charge in [-0.3, -0.25) is 4.79 Å². The molecule has 0 aliphatic carbocycles. The van der Waals surface area contributed by atoms with E-state index in [2.05, 4.69) is 21.2 Å². The quantitative estimate of drug-likeness (QED) is 0.846. The number of hydrogen-bond acceptors (Lipinski definition) is 2. The lowest BCUT2D eigenvalue weighted by atomic mass is 10.1. The SMILES string of the molecule is CC(Cc1ccco1)NC(=O)C(Br)C(C)C. The normalized spacial score (nSPS) is 14.8. The van der Waals surface area contributed by atoms with E-state index in [9.17, 15) is 4.79 Å². The maximum Gasteiger partial charge on any atom is 0.234 e. The first-order valence-electron chi connectivity index (χ1n) is 5.47. The van der Waals surface area contributed by atoms with Crippen LogP contribution >= 0.6 is 15.9 Å². The number of nitrogens with one attached hydrogen (secondary N) is 1. The molecule has 0 aliphatic rings. The van der Waals surface area contributed by atoms with Crippen LogP contribution in [0.5, 0.6) is 0 Å². The molecule has 2 unspecified atom stereocenters. The van der Waals surface area contributed by atoms with E-state index in [0.717, 1.165) is 12.2 Å². The van der Waals surface area contributed by atoms with Crippen LogP contribution in [0.3, 0.4) is 0 Å². The average molecular weight is 288 g/mol. The molecule has 16 heavy (non-hydrogen) atoms. The average Bonchev–Trinajstić information content (AvgIpc) is 2.68. The van der Waals surface area contributed by atoms with E-state index in [1.165, 1.54) is 0 Å². The summed E-state index contributed by atoms with van der Waals surface area (Å²) in [7, 11) is 0. The number of amides is 1. The molecule has 0 radical (unpaired) electrons. The Morgan fingerprint density at radius 2 is 2.19 bits per heavy atom. The summed E-state index contributed by atoms with van der Waals surface area (Å²) in [4.78, 5) is 11.6. The highest BCUT2D eigenvalue weighted by atomic mass is 79.9. The molecule has 1 heterocycles. The first-order valence-corrected chi connectivity index (χ1v) is 6.39. The second kappa shape index (κ2) is 6.09. The number of hydrogen-bond donors (Lipinski definition) is 1. The minimum Gasteiger partial charge on any atom is -0.469 e. The minimum atomic E-state index is -0.133. The van der Waals surface area contributed by atoms with E-state index < -0.39 is 0 Å². The fraction of sp³-hybridized carbons (Fsp3) is 0.583. The van der Waals surface area contributed by atoms with Crippen molar-refractivity contribution >= 4 is 21.8 Å². The molecule has 1 aromatic rings. The molecule has 1 N–H and O–H groups in total. The van der Waals surface area contributed by atoms with E-state index in [1.807, 2.05) is 32.9 Å². The molecule has 1 rings (SSSR count). The maximum atomic E-state index is 11.7. The summed E-state index contributed by atoms with van der Waals surface area (Å²) in [5, 5.41) is 2.95. The molecule has 0 fully saturated rings. The Bertz CT molecular complexity index is 322. The van der Waals surface area contributed by atoms with Crippen LogP contribution < -0.4 is 5.32 Å². The third-order valence-corrected chi connectivity index (χ3v) is 3.79. The summed E-state index contributed by atoms with van der Waals surface area (Å²) < 4.78 is 5.23. The van der Waals surface area contributed by atoms with E-state index in [0.29, 0.717) is 0 Å². The van der Waals surface area contributed by atoms with Gasteiger partial charge in [-0.05, 0) is 25.0 Å². The van der Waals surface area contributed by atoms with Gasteiger partial charge in [0.05, 0.1) is 11.1 Å². The minimum absolute atomic E-state index is 0.0362. The van der Waals surface area contributed by atoms with Gasteiger partial charge in [-0.2, -0.15) is 0 Å². The summed E-state index contributed by atoms with van der Waals surface area (Å²) in [6.07, 6.45) is 2.36. The van der Waals surface area contributed by atoms with Gasteiger partial charge in [0, 0.05) is 12.5 Å². The molecule has 1 amide bonds. The van der Waals surface area contributed by atoms with Crippen molar-refractivity contribution in [3.8, 4) is 0 Å². The Morgan fingerprint density at radius 3 is 2.69 bits per heavy atom. The second-order valence-corrected chi connectivity index (χ2v) is 5.33. The van der Waals surface area contributed by atoms with Gasteiger partial charge < -0.3 is 9.73 Å². The third kappa shape index (κ3) is 4.00. The van der Waals surface area contributed by atoms with Crippen molar-refractivity contribution in [1.29, 1.82) is 0 Å². The number of alkyl halides is 1. The van der Waals surface area contributed by atoms with E-state index in [1.54, 1.807) is 6.26 Å². The van der Waals surface area contributed by atoms with Crippen molar-refractivity contribution < 1.29 is 9.21 Å². The molecule has 0 bridgehead atoms. The lowest BCUT2D eigenvalue weighted by molar-refractivity contribution is -0.121. The van der Waals surface area contributed by atoms with Crippen molar-refractivity contribution in [2.75, 3.05) is 0 Å². The van der Waals surface area contributed by atoms with Gasteiger partial charge in [0.15, 0.2) is 0 Å². The maximum absolute atomic E-state index is 11.7. The Morgan fingerprint density at radius 1 is 1.50 bits per heavy atom. The molecular weight excluding hydrogens is 270 g/mol. The highest BCUT2D eigenvalue weighted by molar-refractivity contribution is 9.10. The summed E-state index contributed by atoms with van der Waals surface area (Å²) in [6.45, 7) is 5.99. The van der Waals surface area contributed by atoms with Gasteiger partial charge in [0.2, 0.25) is 5.91 Å². The lowest BCUT2D eigenvalue weighted by Gasteiger charge is -2.17. The van der Waals surface area contributed by atoms with Gasteiger partial charge in [-0.1, -0.05) is 29.8 Å². The topological polar surface area (TPSA) is 42.2 Å². The van der Waals surface area contributed by atoms with Crippen molar-refractivity contribution in [3.63, 3.8) is 0 Å². The van der Waals surface area contributed by atoms with Gasteiger partial charge >= 0.3 is 0 Å².